The first-order chi connectivity index (χ1) is 10.1. The monoisotopic (exact) mass is 293 g/mol. The van der Waals surface area contributed by atoms with Gasteiger partial charge in [-0.1, -0.05) is 0 Å². The van der Waals surface area contributed by atoms with Crippen LogP contribution in [0, 0.1) is 0 Å². The van der Waals surface area contributed by atoms with E-state index in [4.69, 9.17) is 0 Å². The van der Waals surface area contributed by atoms with Gasteiger partial charge in [-0.3, -0.25) is 0 Å². The summed E-state index contributed by atoms with van der Waals surface area (Å²) < 4.78 is 0. The predicted molar refractivity (Wildman–Crippen MR) is 87.1 cm³/mol. The summed E-state index contributed by atoms with van der Waals surface area (Å²) in [7, 11) is 3.95. The minimum absolute atomic E-state index is 0.540. The van der Waals surface area contributed by atoms with Gasteiger partial charge >= 0.3 is 0 Å². The fraction of sp³-hybridized carbons (Fsp3) is 0.786. The van der Waals surface area contributed by atoms with Crippen molar-refractivity contribution in [2.75, 3.05) is 55.8 Å². The summed E-state index contributed by atoms with van der Waals surface area (Å²) >= 11 is 0. The molecule has 7 heteroatoms. The molecule has 0 saturated carbocycles. The highest BCUT2D eigenvalue weighted by molar-refractivity contribution is 5.44. The third kappa shape index (κ3) is 4.42. The van der Waals surface area contributed by atoms with Crippen molar-refractivity contribution in [3.63, 3.8) is 0 Å². The zero-order valence-corrected chi connectivity index (χ0v) is 13.6. The molecule has 1 aliphatic rings. The average molecular weight is 293 g/mol. The van der Waals surface area contributed by atoms with Gasteiger partial charge in [0, 0.05) is 39.3 Å². The van der Waals surface area contributed by atoms with Crippen molar-refractivity contribution in [2.24, 2.45) is 0 Å². The highest BCUT2D eigenvalue weighted by Crippen LogP contribution is 2.18. The van der Waals surface area contributed by atoms with Crippen molar-refractivity contribution in [3.05, 3.63) is 0 Å². The van der Waals surface area contributed by atoms with Gasteiger partial charge in [-0.05, 0) is 33.7 Å². The van der Waals surface area contributed by atoms with Crippen LogP contribution >= 0.6 is 0 Å². The van der Waals surface area contributed by atoms with Crippen LogP contribution in [0.2, 0.25) is 0 Å². The van der Waals surface area contributed by atoms with E-state index in [9.17, 15) is 0 Å². The Morgan fingerprint density at radius 2 is 1.81 bits per heavy atom. The molecule has 1 fully saturated rings. The fourth-order valence-electron chi connectivity index (χ4n) is 2.22. The molecule has 0 unspecified atom stereocenters. The van der Waals surface area contributed by atoms with Gasteiger partial charge in [0.2, 0.25) is 17.8 Å². The van der Waals surface area contributed by atoms with E-state index in [0.717, 1.165) is 32.1 Å². The lowest BCUT2D eigenvalue weighted by Crippen LogP contribution is -2.31. The van der Waals surface area contributed by atoms with Gasteiger partial charge in [0.15, 0.2) is 0 Å². The third-order valence-corrected chi connectivity index (χ3v) is 3.87. The molecule has 0 radical (unpaired) electrons. The molecule has 0 aliphatic carbocycles. The molecule has 1 aliphatic heterocycles. The lowest BCUT2D eigenvalue weighted by atomic mass is 10.3. The quantitative estimate of drug-likeness (QED) is 0.784. The standard InChI is InChI=1S/C14H27N7/c1-11(2)20(4)10-7-16-13-17-12(15-3)18-14(19-13)21-8-5-6-9-21/h11H,5-10H2,1-4H3,(H2,15,16,17,18,19). The van der Waals surface area contributed by atoms with Crippen molar-refractivity contribution in [2.45, 2.75) is 32.7 Å². The molecule has 118 valence electrons. The number of aromatic nitrogens is 3. The zero-order chi connectivity index (χ0) is 15.2. The van der Waals surface area contributed by atoms with E-state index in [0.29, 0.717) is 17.9 Å². The molecule has 0 spiro atoms. The molecule has 0 bridgehead atoms. The maximum Gasteiger partial charge on any atom is 0.231 e. The molecule has 1 aromatic rings. The Bertz CT molecular complexity index is 443. The van der Waals surface area contributed by atoms with Crippen LogP contribution in [0.5, 0.6) is 0 Å². The summed E-state index contributed by atoms with van der Waals surface area (Å²) in [4.78, 5) is 17.9. The van der Waals surface area contributed by atoms with Crippen molar-refractivity contribution in [1.82, 2.24) is 19.9 Å². The van der Waals surface area contributed by atoms with Crippen molar-refractivity contribution < 1.29 is 0 Å². The van der Waals surface area contributed by atoms with Crippen LogP contribution in [-0.4, -0.2) is 66.2 Å². The van der Waals surface area contributed by atoms with Crippen molar-refractivity contribution >= 4 is 17.8 Å². The highest BCUT2D eigenvalue weighted by atomic mass is 15.3. The van der Waals surface area contributed by atoms with Crippen LogP contribution in [0.3, 0.4) is 0 Å². The molecule has 2 rings (SSSR count). The normalized spacial score (nSPS) is 15.0. The molecule has 0 aromatic carbocycles. The van der Waals surface area contributed by atoms with Crippen LogP contribution in [-0.2, 0) is 0 Å². The lowest BCUT2D eigenvalue weighted by Gasteiger charge is -2.21. The predicted octanol–water partition coefficient (Wildman–Crippen LogP) is 1.27. The Hall–Kier alpha value is -1.63. The van der Waals surface area contributed by atoms with Crippen LogP contribution in [0.4, 0.5) is 17.8 Å². The number of hydrogen-bond donors (Lipinski definition) is 2. The summed E-state index contributed by atoms with van der Waals surface area (Å²) in [6.45, 7) is 8.21. The molecule has 0 atom stereocenters. The second-order valence-electron chi connectivity index (χ2n) is 5.73. The summed E-state index contributed by atoms with van der Waals surface area (Å²) in [5.41, 5.74) is 0. The summed E-state index contributed by atoms with van der Waals surface area (Å²) in [5.74, 6) is 2.03. The fourth-order valence-corrected chi connectivity index (χ4v) is 2.22. The van der Waals surface area contributed by atoms with Gasteiger partial charge in [-0.15, -0.1) is 0 Å². The smallest absolute Gasteiger partial charge is 0.231 e. The van der Waals surface area contributed by atoms with Crippen LogP contribution in [0.1, 0.15) is 26.7 Å². The Morgan fingerprint density at radius 3 is 2.43 bits per heavy atom. The average Bonchev–Trinajstić information content (AvgIpc) is 3.01. The first kappa shape index (κ1) is 15.8. The van der Waals surface area contributed by atoms with Gasteiger partial charge in [0.05, 0.1) is 0 Å². The second kappa shape index (κ2) is 7.40. The SMILES string of the molecule is CNc1nc(NCCN(C)C(C)C)nc(N2CCCC2)n1. The minimum atomic E-state index is 0.540. The second-order valence-corrected chi connectivity index (χ2v) is 5.73. The molecule has 2 N–H and O–H groups in total. The van der Waals surface area contributed by atoms with E-state index in [1.807, 2.05) is 7.05 Å². The summed E-state index contributed by atoms with van der Waals surface area (Å²) in [6.07, 6.45) is 2.42. The first-order valence-electron chi connectivity index (χ1n) is 7.73. The molecule has 0 amide bonds. The van der Waals surface area contributed by atoms with E-state index >= 15 is 0 Å². The molecule has 7 nitrogen and oxygen atoms in total. The Kier molecular flexibility index (Phi) is 5.55. The number of anilines is 3. The van der Waals surface area contributed by atoms with Crippen LogP contribution in [0.25, 0.3) is 0 Å². The van der Waals surface area contributed by atoms with E-state index in [1.54, 1.807) is 0 Å². The Labute approximate surface area is 127 Å². The van der Waals surface area contributed by atoms with E-state index in [1.165, 1.54) is 12.8 Å². The zero-order valence-electron chi connectivity index (χ0n) is 13.6. The number of nitrogens with zero attached hydrogens (tertiary/aromatic N) is 5. The van der Waals surface area contributed by atoms with Gasteiger partial charge in [-0.2, -0.15) is 15.0 Å². The number of hydrogen-bond acceptors (Lipinski definition) is 7. The molecule has 21 heavy (non-hydrogen) atoms. The molecule has 1 aromatic heterocycles. The maximum absolute atomic E-state index is 4.54. The van der Waals surface area contributed by atoms with Crippen LogP contribution < -0.4 is 15.5 Å². The Morgan fingerprint density at radius 1 is 1.14 bits per heavy atom. The van der Waals surface area contributed by atoms with Crippen molar-refractivity contribution in [1.29, 1.82) is 0 Å². The number of nitrogens with one attached hydrogen (secondary N) is 2. The van der Waals surface area contributed by atoms with Gasteiger partial charge in [-0.25, -0.2) is 0 Å². The first-order valence-corrected chi connectivity index (χ1v) is 7.73. The molecule has 2 heterocycles. The van der Waals surface area contributed by atoms with Gasteiger partial charge in [0.25, 0.3) is 0 Å². The van der Waals surface area contributed by atoms with Crippen LogP contribution in [0.15, 0.2) is 0 Å². The van der Waals surface area contributed by atoms with Gasteiger partial charge < -0.3 is 20.4 Å². The third-order valence-electron chi connectivity index (χ3n) is 3.87. The summed E-state index contributed by atoms with van der Waals surface area (Å²) in [5, 5.41) is 6.31. The highest BCUT2D eigenvalue weighted by Gasteiger charge is 2.17. The van der Waals surface area contributed by atoms with Crippen molar-refractivity contribution in [3.8, 4) is 0 Å². The maximum atomic E-state index is 4.54. The number of likely N-dealkylation sites (N-methyl/N-ethyl adjacent to an activating group) is 1. The molecular weight excluding hydrogens is 266 g/mol. The topological polar surface area (TPSA) is 69.2 Å². The molecule has 1 saturated heterocycles. The Balaban J connectivity index is 1.99. The minimum Gasteiger partial charge on any atom is -0.357 e. The van der Waals surface area contributed by atoms with E-state index < -0.39 is 0 Å². The van der Waals surface area contributed by atoms with Gasteiger partial charge in [0.1, 0.15) is 0 Å². The molecular formula is C14H27N7. The van der Waals surface area contributed by atoms with E-state index in [-0.39, 0.29) is 0 Å². The van der Waals surface area contributed by atoms with E-state index in [2.05, 4.69) is 56.3 Å². The summed E-state index contributed by atoms with van der Waals surface area (Å²) in [6, 6.07) is 0.540. The number of rotatable bonds is 7. The lowest BCUT2D eigenvalue weighted by molar-refractivity contribution is 0.284. The largest absolute Gasteiger partial charge is 0.357 e.